The Morgan fingerprint density at radius 3 is 3.14 bits per heavy atom. The molecule has 5 heteroatoms. The molecule has 0 unspecified atom stereocenters. The molecule has 0 fully saturated rings. The average molecular weight is 301 g/mol. The highest BCUT2D eigenvalue weighted by Gasteiger charge is 2.21. The van der Waals surface area contributed by atoms with Crippen LogP contribution in [-0.4, -0.2) is 22.2 Å². The molecule has 21 heavy (non-hydrogen) atoms. The van der Waals surface area contributed by atoms with Gasteiger partial charge in [-0.15, -0.1) is 0 Å². The molecule has 1 aliphatic carbocycles. The molecule has 1 amide bonds. The van der Waals surface area contributed by atoms with Gasteiger partial charge in [0.2, 0.25) is 5.91 Å². The van der Waals surface area contributed by atoms with E-state index in [1.807, 2.05) is 16.9 Å². The minimum absolute atomic E-state index is 0.0642. The maximum absolute atomic E-state index is 12.3. The molecule has 4 nitrogen and oxygen atoms in total. The smallest absolute Gasteiger partial charge is 0.223 e. The Kier molecular flexibility index (Phi) is 4.50. The fourth-order valence-electron chi connectivity index (χ4n) is 2.67. The number of nitrogens with one attached hydrogen (secondary N) is 1. The number of aromatic nitrogens is 2. The van der Waals surface area contributed by atoms with Crippen LogP contribution in [0.15, 0.2) is 47.4 Å². The van der Waals surface area contributed by atoms with E-state index in [0.29, 0.717) is 6.54 Å². The van der Waals surface area contributed by atoms with Gasteiger partial charge in [0.05, 0.1) is 6.04 Å². The molecule has 0 spiro atoms. The molecule has 0 aromatic carbocycles. The van der Waals surface area contributed by atoms with Gasteiger partial charge in [0.15, 0.2) is 0 Å². The van der Waals surface area contributed by atoms with Gasteiger partial charge in [0.25, 0.3) is 0 Å². The lowest BCUT2D eigenvalue weighted by Crippen LogP contribution is -2.36. The van der Waals surface area contributed by atoms with Gasteiger partial charge in [-0.1, -0.05) is 12.2 Å². The lowest BCUT2D eigenvalue weighted by molar-refractivity contribution is -0.125. The fourth-order valence-corrected chi connectivity index (χ4v) is 3.37. The molecule has 2 atom stereocenters. The summed E-state index contributed by atoms with van der Waals surface area (Å²) in [6, 6.07) is 4.06. The summed E-state index contributed by atoms with van der Waals surface area (Å²) < 4.78 is 1.91. The molecule has 2 aromatic rings. The Bertz CT molecular complexity index is 555. The van der Waals surface area contributed by atoms with E-state index in [2.05, 4.69) is 39.4 Å². The Morgan fingerprint density at radius 2 is 2.48 bits per heavy atom. The molecule has 0 saturated carbocycles. The van der Waals surface area contributed by atoms with Crippen molar-refractivity contribution in [2.45, 2.75) is 25.3 Å². The molecule has 1 aliphatic rings. The zero-order valence-corrected chi connectivity index (χ0v) is 12.6. The van der Waals surface area contributed by atoms with Gasteiger partial charge in [0, 0.05) is 24.9 Å². The van der Waals surface area contributed by atoms with Crippen molar-refractivity contribution in [3.05, 3.63) is 53.0 Å². The van der Waals surface area contributed by atoms with Crippen LogP contribution in [0, 0.1) is 5.92 Å². The first-order chi connectivity index (χ1) is 10.3. The van der Waals surface area contributed by atoms with E-state index in [9.17, 15) is 4.79 Å². The van der Waals surface area contributed by atoms with Crippen molar-refractivity contribution < 1.29 is 4.79 Å². The summed E-state index contributed by atoms with van der Waals surface area (Å²) in [5, 5.41) is 11.6. The van der Waals surface area contributed by atoms with Crippen molar-refractivity contribution in [1.82, 2.24) is 15.1 Å². The molecule has 0 saturated heterocycles. The van der Waals surface area contributed by atoms with Crippen LogP contribution in [-0.2, 0) is 4.79 Å². The van der Waals surface area contributed by atoms with Crippen LogP contribution in [0.4, 0.5) is 0 Å². The van der Waals surface area contributed by atoms with E-state index in [1.54, 1.807) is 17.5 Å². The number of hydrogen-bond donors (Lipinski definition) is 1. The Balaban J connectivity index is 1.65. The molecule has 0 radical (unpaired) electrons. The predicted octanol–water partition coefficient (Wildman–Crippen LogP) is 3.01. The van der Waals surface area contributed by atoms with Gasteiger partial charge in [-0.05, 0) is 47.7 Å². The Hall–Kier alpha value is -1.88. The number of carbonyl (C=O) groups excluding carboxylic acids is 1. The molecule has 1 N–H and O–H groups in total. The van der Waals surface area contributed by atoms with E-state index in [4.69, 9.17) is 0 Å². The average Bonchev–Trinajstić information content (AvgIpc) is 3.22. The van der Waals surface area contributed by atoms with Crippen LogP contribution in [0.1, 0.15) is 30.9 Å². The van der Waals surface area contributed by atoms with Crippen LogP contribution in [0.3, 0.4) is 0 Å². The highest BCUT2D eigenvalue weighted by atomic mass is 32.1. The van der Waals surface area contributed by atoms with Crippen LogP contribution in [0.5, 0.6) is 0 Å². The highest BCUT2D eigenvalue weighted by molar-refractivity contribution is 7.07. The van der Waals surface area contributed by atoms with Crippen molar-refractivity contribution in [1.29, 1.82) is 0 Å². The normalized spacial score (nSPS) is 19.3. The summed E-state index contributed by atoms with van der Waals surface area (Å²) in [5.74, 6) is 0.280. The minimum atomic E-state index is 0.0642. The quantitative estimate of drug-likeness (QED) is 0.863. The second-order valence-electron chi connectivity index (χ2n) is 5.29. The second-order valence-corrected chi connectivity index (χ2v) is 6.07. The van der Waals surface area contributed by atoms with Gasteiger partial charge in [0.1, 0.15) is 0 Å². The molecule has 0 bridgehead atoms. The number of allylic oxidation sites excluding steroid dienone is 2. The van der Waals surface area contributed by atoms with Crippen molar-refractivity contribution >= 4 is 17.2 Å². The molecule has 2 aromatic heterocycles. The topological polar surface area (TPSA) is 46.9 Å². The van der Waals surface area contributed by atoms with Gasteiger partial charge in [-0.3, -0.25) is 9.48 Å². The minimum Gasteiger partial charge on any atom is -0.353 e. The second kappa shape index (κ2) is 6.72. The van der Waals surface area contributed by atoms with Crippen molar-refractivity contribution in [3.63, 3.8) is 0 Å². The van der Waals surface area contributed by atoms with E-state index < -0.39 is 0 Å². The zero-order valence-electron chi connectivity index (χ0n) is 11.8. The third-order valence-electron chi connectivity index (χ3n) is 3.88. The molecule has 0 aliphatic heterocycles. The van der Waals surface area contributed by atoms with Crippen molar-refractivity contribution in [2.75, 3.05) is 6.54 Å². The number of amides is 1. The Morgan fingerprint density at radius 1 is 1.52 bits per heavy atom. The maximum Gasteiger partial charge on any atom is 0.223 e. The summed E-state index contributed by atoms with van der Waals surface area (Å²) in [5.41, 5.74) is 1.19. The van der Waals surface area contributed by atoms with Crippen molar-refractivity contribution in [3.8, 4) is 0 Å². The lowest BCUT2D eigenvalue weighted by Gasteiger charge is -2.21. The fraction of sp³-hybridized carbons (Fsp3) is 0.375. The first-order valence-electron chi connectivity index (χ1n) is 7.28. The van der Waals surface area contributed by atoms with Crippen molar-refractivity contribution in [2.24, 2.45) is 5.92 Å². The van der Waals surface area contributed by atoms with Gasteiger partial charge < -0.3 is 5.32 Å². The summed E-state index contributed by atoms with van der Waals surface area (Å²) in [6.07, 6.45) is 10.8. The maximum atomic E-state index is 12.3. The predicted molar refractivity (Wildman–Crippen MR) is 84.2 cm³/mol. The SMILES string of the molecule is O=C(NC[C@H](c1ccsc1)n1cccn1)[C@H]1CC=CCC1. The Labute approximate surface area is 128 Å². The first kappa shape index (κ1) is 14.1. The van der Waals surface area contributed by atoms with E-state index in [0.717, 1.165) is 19.3 Å². The van der Waals surface area contributed by atoms with Crippen LogP contribution >= 0.6 is 11.3 Å². The van der Waals surface area contributed by atoms with Gasteiger partial charge in [-0.2, -0.15) is 16.4 Å². The summed E-state index contributed by atoms with van der Waals surface area (Å²) >= 11 is 1.66. The number of thiophene rings is 1. The monoisotopic (exact) mass is 301 g/mol. The molecule has 3 rings (SSSR count). The first-order valence-corrected chi connectivity index (χ1v) is 8.23. The highest BCUT2D eigenvalue weighted by Crippen LogP contribution is 2.21. The molecular weight excluding hydrogens is 282 g/mol. The molecule has 110 valence electrons. The summed E-state index contributed by atoms with van der Waals surface area (Å²) in [6.45, 7) is 0.581. The van der Waals surface area contributed by atoms with E-state index >= 15 is 0 Å². The number of rotatable bonds is 5. The summed E-state index contributed by atoms with van der Waals surface area (Å²) in [4.78, 5) is 12.3. The standard InChI is InChI=1S/C16H19N3OS/c20-16(13-5-2-1-3-6-13)17-11-15(14-7-10-21-12-14)19-9-4-8-18-19/h1-2,4,7-10,12-13,15H,3,5-6,11H2,(H,17,20)/t13-,15+/m0/s1. The third kappa shape index (κ3) is 3.42. The number of hydrogen-bond acceptors (Lipinski definition) is 3. The third-order valence-corrected chi connectivity index (χ3v) is 4.58. The number of nitrogens with zero attached hydrogens (tertiary/aromatic N) is 2. The van der Waals surface area contributed by atoms with Crippen LogP contribution < -0.4 is 5.32 Å². The largest absolute Gasteiger partial charge is 0.353 e. The molecular formula is C16H19N3OS. The van der Waals surface area contributed by atoms with Crippen LogP contribution in [0.2, 0.25) is 0 Å². The lowest BCUT2D eigenvalue weighted by atomic mass is 9.93. The van der Waals surface area contributed by atoms with Gasteiger partial charge in [-0.25, -0.2) is 0 Å². The van der Waals surface area contributed by atoms with E-state index in [1.165, 1.54) is 5.56 Å². The molecule has 2 heterocycles. The zero-order chi connectivity index (χ0) is 14.5. The van der Waals surface area contributed by atoms with Gasteiger partial charge >= 0.3 is 0 Å². The van der Waals surface area contributed by atoms with Crippen LogP contribution in [0.25, 0.3) is 0 Å². The van der Waals surface area contributed by atoms with E-state index in [-0.39, 0.29) is 17.9 Å². The summed E-state index contributed by atoms with van der Waals surface area (Å²) in [7, 11) is 0. The number of carbonyl (C=O) groups is 1.